The fraction of sp³-hybridized carbons (Fsp3) is 0.259. The summed E-state index contributed by atoms with van der Waals surface area (Å²) in [6.07, 6.45) is 0.866. The van der Waals surface area contributed by atoms with E-state index in [4.69, 9.17) is 0 Å². The topological polar surface area (TPSA) is 64.7 Å². The highest BCUT2D eigenvalue weighted by atomic mass is 16.2. The van der Waals surface area contributed by atoms with Crippen molar-refractivity contribution in [2.24, 2.45) is 0 Å². The molecule has 1 aliphatic heterocycles. The summed E-state index contributed by atoms with van der Waals surface area (Å²) in [4.78, 5) is 29.6. The molecule has 6 heteroatoms. The molecule has 0 spiro atoms. The monoisotopic (exact) mass is 442 g/mol. The number of carbonyl (C=O) groups excluding carboxylic acids is 2. The van der Waals surface area contributed by atoms with E-state index in [9.17, 15) is 9.59 Å². The predicted molar refractivity (Wildman–Crippen MR) is 132 cm³/mol. The molecule has 4 rings (SSSR count). The van der Waals surface area contributed by atoms with Gasteiger partial charge in [-0.25, -0.2) is 9.59 Å². The van der Waals surface area contributed by atoms with Gasteiger partial charge in [0.1, 0.15) is 0 Å². The molecule has 3 aromatic rings. The predicted octanol–water partition coefficient (Wildman–Crippen LogP) is 5.46. The van der Waals surface area contributed by atoms with Crippen molar-refractivity contribution < 1.29 is 9.59 Å². The maximum absolute atomic E-state index is 13.4. The number of benzene rings is 3. The highest BCUT2D eigenvalue weighted by Gasteiger charge is 2.28. The molecule has 1 saturated heterocycles. The lowest BCUT2D eigenvalue weighted by atomic mass is 10.1. The number of aryl methyl sites for hydroxylation is 2. The molecule has 0 bridgehead atoms. The van der Waals surface area contributed by atoms with Gasteiger partial charge in [-0.3, -0.25) is 4.90 Å². The van der Waals surface area contributed by atoms with Gasteiger partial charge in [0.25, 0.3) is 0 Å². The van der Waals surface area contributed by atoms with Gasteiger partial charge in [0.15, 0.2) is 0 Å². The Balaban J connectivity index is 1.48. The van der Waals surface area contributed by atoms with E-state index in [1.807, 2.05) is 66.4 Å². The highest BCUT2D eigenvalue weighted by Crippen LogP contribution is 2.30. The molecule has 1 heterocycles. The zero-order valence-electron chi connectivity index (χ0n) is 19.2. The molecule has 0 saturated carbocycles. The second-order valence-electron chi connectivity index (χ2n) is 8.51. The van der Waals surface area contributed by atoms with Crippen molar-refractivity contribution in [2.75, 3.05) is 23.3 Å². The minimum absolute atomic E-state index is 0.0423. The number of nitrogens with one attached hydrogen (secondary N) is 2. The molecule has 6 nitrogen and oxygen atoms in total. The first-order valence-corrected chi connectivity index (χ1v) is 11.3. The van der Waals surface area contributed by atoms with Crippen LogP contribution in [0.5, 0.6) is 0 Å². The van der Waals surface area contributed by atoms with Crippen molar-refractivity contribution in [2.45, 2.75) is 33.4 Å². The number of rotatable bonds is 6. The molecule has 170 valence electrons. The first-order chi connectivity index (χ1) is 16.0. The Bertz CT molecular complexity index is 1130. The van der Waals surface area contributed by atoms with Crippen LogP contribution < -0.4 is 15.5 Å². The van der Waals surface area contributed by atoms with E-state index in [0.29, 0.717) is 25.3 Å². The molecule has 3 aromatic carbocycles. The minimum atomic E-state index is -0.299. The second kappa shape index (κ2) is 10.2. The Hall–Kier alpha value is -3.80. The van der Waals surface area contributed by atoms with Crippen molar-refractivity contribution in [3.8, 4) is 0 Å². The molecule has 1 aliphatic rings. The summed E-state index contributed by atoms with van der Waals surface area (Å²) in [6, 6.07) is 23.4. The van der Waals surface area contributed by atoms with Crippen LogP contribution in [0.3, 0.4) is 0 Å². The number of carbonyl (C=O) groups is 2. The molecule has 2 N–H and O–H groups in total. The van der Waals surface area contributed by atoms with E-state index in [1.165, 1.54) is 5.56 Å². The third kappa shape index (κ3) is 5.71. The number of anilines is 2. The van der Waals surface area contributed by atoms with Crippen LogP contribution >= 0.6 is 0 Å². The summed E-state index contributed by atoms with van der Waals surface area (Å²) < 4.78 is 0. The summed E-state index contributed by atoms with van der Waals surface area (Å²) in [5.41, 5.74) is 5.68. The summed E-state index contributed by atoms with van der Waals surface area (Å²) in [6.45, 7) is 6.37. The second-order valence-corrected chi connectivity index (χ2v) is 8.51. The Morgan fingerprint density at radius 3 is 2.42 bits per heavy atom. The highest BCUT2D eigenvalue weighted by molar-refractivity contribution is 6.00. The number of hydrogen-bond donors (Lipinski definition) is 2. The van der Waals surface area contributed by atoms with Crippen LogP contribution in [0, 0.1) is 13.8 Å². The standard InChI is InChI=1S/C27H30N4O2/c1-20-8-6-11-23(16-20)19-30-14-7-15-31(27(30)33)25-13-12-21(2)17-24(25)29-26(32)28-18-22-9-4-3-5-10-22/h3-6,8-13,16-17H,7,14-15,18-19H2,1-2H3,(H2,28,29,32). The lowest BCUT2D eigenvalue weighted by Gasteiger charge is -2.36. The summed E-state index contributed by atoms with van der Waals surface area (Å²) in [5.74, 6) is 0. The van der Waals surface area contributed by atoms with Gasteiger partial charge in [0, 0.05) is 26.2 Å². The van der Waals surface area contributed by atoms with Gasteiger partial charge in [-0.15, -0.1) is 0 Å². The van der Waals surface area contributed by atoms with Gasteiger partial charge in [-0.1, -0.05) is 66.2 Å². The fourth-order valence-corrected chi connectivity index (χ4v) is 4.11. The SMILES string of the molecule is Cc1cccc(CN2CCCN(c3ccc(C)cc3NC(=O)NCc3ccccc3)C2=O)c1. The Kier molecular flexibility index (Phi) is 6.93. The van der Waals surface area contributed by atoms with Crippen LogP contribution in [-0.2, 0) is 13.1 Å². The van der Waals surface area contributed by atoms with E-state index in [0.717, 1.165) is 35.3 Å². The van der Waals surface area contributed by atoms with Crippen molar-refractivity contribution >= 4 is 23.4 Å². The van der Waals surface area contributed by atoms with Gasteiger partial charge in [-0.05, 0) is 49.1 Å². The third-order valence-corrected chi connectivity index (χ3v) is 5.75. The van der Waals surface area contributed by atoms with Gasteiger partial charge in [0.05, 0.1) is 11.4 Å². The van der Waals surface area contributed by atoms with Crippen LogP contribution in [0.2, 0.25) is 0 Å². The Labute approximate surface area is 195 Å². The molecular formula is C27H30N4O2. The largest absolute Gasteiger partial charge is 0.334 e. The zero-order valence-corrected chi connectivity index (χ0v) is 19.2. The van der Waals surface area contributed by atoms with Crippen LogP contribution in [0.1, 0.15) is 28.7 Å². The minimum Gasteiger partial charge on any atom is -0.334 e. The van der Waals surface area contributed by atoms with Crippen LogP contribution in [0.25, 0.3) is 0 Å². The lowest BCUT2D eigenvalue weighted by Crippen LogP contribution is -2.49. The average Bonchev–Trinajstić information content (AvgIpc) is 2.80. The zero-order chi connectivity index (χ0) is 23.2. The smallest absolute Gasteiger partial charge is 0.324 e. The van der Waals surface area contributed by atoms with Crippen LogP contribution in [0.15, 0.2) is 72.8 Å². The maximum Gasteiger partial charge on any atom is 0.324 e. The van der Waals surface area contributed by atoms with E-state index < -0.39 is 0 Å². The quantitative estimate of drug-likeness (QED) is 0.533. The average molecular weight is 443 g/mol. The van der Waals surface area contributed by atoms with Gasteiger partial charge in [-0.2, -0.15) is 0 Å². The van der Waals surface area contributed by atoms with Crippen LogP contribution in [0.4, 0.5) is 21.0 Å². The van der Waals surface area contributed by atoms with Gasteiger partial charge < -0.3 is 15.5 Å². The fourth-order valence-electron chi connectivity index (χ4n) is 4.11. The number of hydrogen-bond acceptors (Lipinski definition) is 2. The van der Waals surface area contributed by atoms with E-state index >= 15 is 0 Å². The van der Waals surface area contributed by atoms with E-state index in [1.54, 1.807) is 4.90 Å². The molecule has 0 aliphatic carbocycles. The molecular weight excluding hydrogens is 412 g/mol. The maximum atomic E-state index is 13.4. The molecule has 1 fully saturated rings. The molecule has 0 radical (unpaired) electrons. The number of nitrogens with zero attached hydrogens (tertiary/aromatic N) is 2. The number of amides is 4. The Morgan fingerprint density at radius 1 is 0.879 bits per heavy atom. The van der Waals surface area contributed by atoms with E-state index in [2.05, 4.69) is 35.8 Å². The number of urea groups is 2. The summed E-state index contributed by atoms with van der Waals surface area (Å²) >= 11 is 0. The normalized spacial score (nSPS) is 13.7. The van der Waals surface area contributed by atoms with Crippen molar-refractivity contribution in [3.05, 3.63) is 95.1 Å². The summed E-state index contributed by atoms with van der Waals surface area (Å²) in [5, 5.41) is 5.84. The third-order valence-electron chi connectivity index (χ3n) is 5.75. The molecule has 4 amide bonds. The molecule has 0 unspecified atom stereocenters. The first kappa shape index (κ1) is 22.4. The Morgan fingerprint density at radius 2 is 1.64 bits per heavy atom. The van der Waals surface area contributed by atoms with E-state index in [-0.39, 0.29) is 12.1 Å². The summed E-state index contributed by atoms with van der Waals surface area (Å²) in [7, 11) is 0. The van der Waals surface area contributed by atoms with Crippen LogP contribution in [-0.4, -0.2) is 30.1 Å². The molecule has 0 atom stereocenters. The van der Waals surface area contributed by atoms with Crippen molar-refractivity contribution in [3.63, 3.8) is 0 Å². The molecule has 0 aromatic heterocycles. The van der Waals surface area contributed by atoms with Crippen molar-refractivity contribution in [1.82, 2.24) is 10.2 Å². The first-order valence-electron chi connectivity index (χ1n) is 11.3. The van der Waals surface area contributed by atoms with Gasteiger partial charge in [0.2, 0.25) is 0 Å². The lowest BCUT2D eigenvalue weighted by molar-refractivity contribution is 0.192. The van der Waals surface area contributed by atoms with Crippen molar-refractivity contribution in [1.29, 1.82) is 0 Å². The van der Waals surface area contributed by atoms with Gasteiger partial charge >= 0.3 is 12.1 Å². The molecule has 33 heavy (non-hydrogen) atoms.